The molecule has 0 aromatic rings. The summed E-state index contributed by atoms with van der Waals surface area (Å²) in [7, 11) is 1.79. The predicted molar refractivity (Wildman–Crippen MR) is 52.2 cm³/mol. The molecule has 0 aromatic heterocycles. The molecule has 0 saturated carbocycles. The lowest BCUT2D eigenvalue weighted by Crippen LogP contribution is -2.11. The number of methoxy groups -OCH3 is 1. The van der Waals surface area contributed by atoms with Gasteiger partial charge < -0.3 is 4.74 Å². The second-order valence-electron chi connectivity index (χ2n) is 3.23. The summed E-state index contributed by atoms with van der Waals surface area (Å²) in [5.41, 5.74) is 2.97. The van der Waals surface area contributed by atoms with Gasteiger partial charge in [0.05, 0.1) is 6.10 Å². The summed E-state index contributed by atoms with van der Waals surface area (Å²) in [5, 5.41) is 0. The first-order valence-corrected chi connectivity index (χ1v) is 4.73. The summed E-state index contributed by atoms with van der Waals surface area (Å²) in [4.78, 5) is 0. The lowest BCUT2D eigenvalue weighted by molar-refractivity contribution is 0.127. The van der Waals surface area contributed by atoms with Gasteiger partial charge in [-0.3, -0.25) is 0 Å². The van der Waals surface area contributed by atoms with Crippen LogP contribution in [0.15, 0.2) is 23.3 Å². The first kappa shape index (κ1) is 9.53. The van der Waals surface area contributed by atoms with E-state index in [1.54, 1.807) is 7.11 Å². The maximum Gasteiger partial charge on any atom is 0.0784 e. The number of hydrogen-bond acceptors (Lipinski definition) is 1. The van der Waals surface area contributed by atoms with E-state index >= 15 is 0 Å². The average Bonchev–Trinajstić information content (AvgIpc) is 2.55. The Morgan fingerprint density at radius 2 is 2.17 bits per heavy atom. The van der Waals surface area contributed by atoms with Crippen LogP contribution in [0.3, 0.4) is 0 Å². The molecule has 0 bridgehead atoms. The van der Waals surface area contributed by atoms with Crippen LogP contribution in [0.25, 0.3) is 0 Å². The Morgan fingerprint density at radius 3 is 2.58 bits per heavy atom. The van der Waals surface area contributed by atoms with Gasteiger partial charge in [0.25, 0.3) is 0 Å². The molecule has 68 valence electrons. The van der Waals surface area contributed by atoms with Crippen LogP contribution in [0.2, 0.25) is 0 Å². The molecule has 0 fully saturated rings. The van der Waals surface area contributed by atoms with Gasteiger partial charge in [-0.25, -0.2) is 0 Å². The lowest BCUT2D eigenvalue weighted by Gasteiger charge is -2.14. The second kappa shape index (κ2) is 4.46. The van der Waals surface area contributed by atoms with Gasteiger partial charge in [-0.15, -0.1) is 0 Å². The van der Waals surface area contributed by atoms with Crippen molar-refractivity contribution in [3.05, 3.63) is 23.3 Å². The highest BCUT2D eigenvalue weighted by Crippen LogP contribution is 2.26. The first-order chi connectivity index (χ1) is 5.81. The molecule has 1 aliphatic carbocycles. The monoisotopic (exact) mass is 166 g/mol. The van der Waals surface area contributed by atoms with Crippen molar-refractivity contribution in [2.75, 3.05) is 7.11 Å². The van der Waals surface area contributed by atoms with E-state index in [2.05, 4.69) is 26.0 Å². The topological polar surface area (TPSA) is 9.23 Å². The van der Waals surface area contributed by atoms with Crippen LogP contribution in [0, 0.1) is 0 Å². The molecule has 1 aliphatic rings. The Morgan fingerprint density at radius 1 is 1.42 bits per heavy atom. The minimum absolute atomic E-state index is 0.338. The Labute approximate surface area is 75.1 Å². The summed E-state index contributed by atoms with van der Waals surface area (Å²) in [6, 6.07) is 0. The van der Waals surface area contributed by atoms with Gasteiger partial charge in [-0.2, -0.15) is 0 Å². The second-order valence-corrected chi connectivity index (χ2v) is 3.23. The molecule has 1 unspecified atom stereocenters. The zero-order valence-electron chi connectivity index (χ0n) is 8.26. The molecule has 0 radical (unpaired) electrons. The summed E-state index contributed by atoms with van der Waals surface area (Å²) < 4.78 is 5.37. The SMILES string of the molecule is CCC1=CC=C(C(CC)OC)C1. The van der Waals surface area contributed by atoms with Crippen LogP contribution in [0.4, 0.5) is 0 Å². The van der Waals surface area contributed by atoms with Crippen LogP contribution in [0.1, 0.15) is 33.1 Å². The normalized spacial score (nSPS) is 18.9. The molecule has 0 spiro atoms. The molecule has 0 aromatic carbocycles. The Bertz CT molecular complexity index is 197. The third-order valence-corrected chi connectivity index (χ3v) is 2.49. The van der Waals surface area contributed by atoms with E-state index in [1.807, 2.05) is 0 Å². The summed E-state index contributed by atoms with van der Waals surface area (Å²) >= 11 is 0. The highest BCUT2D eigenvalue weighted by molar-refractivity contribution is 5.32. The van der Waals surface area contributed by atoms with E-state index in [4.69, 9.17) is 4.74 Å². The number of rotatable bonds is 4. The maximum atomic E-state index is 5.37. The zero-order valence-corrected chi connectivity index (χ0v) is 8.26. The van der Waals surface area contributed by atoms with Gasteiger partial charge in [-0.05, 0) is 24.8 Å². The van der Waals surface area contributed by atoms with Crippen molar-refractivity contribution in [3.63, 3.8) is 0 Å². The molecule has 0 amide bonds. The van der Waals surface area contributed by atoms with Crippen molar-refractivity contribution in [3.8, 4) is 0 Å². The van der Waals surface area contributed by atoms with Crippen LogP contribution >= 0.6 is 0 Å². The van der Waals surface area contributed by atoms with E-state index in [9.17, 15) is 0 Å². The van der Waals surface area contributed by atoms with Gasteiger partial charge in [0.15, 0.2) is 0 Å². The molecule has 1 heteroatoms. The van der Waals surface area contributed by atoms with Crippen molar-refractivity contribution < 1.29 is 4.74 Å². The Kier molecular flexibility index (Phi) is 3.54. The molecule has 1 atom stereocenters. The molecule has 1 nitrogen and oxygen atoms in total. The summed E-state index contributed by atoms with van der Waals surface area (Å²) in [6.07, 6.45) is 8.16. The van der Waals surface area contributed by atoms with Gasteiger partial charge >= 0.3 is 0 Å². The summed E-state index contributed by atoms with van der Waals surface area (Å²) in [5.74, 6) is 0. The van der Waals surface area contributed by atoms with Gasteiger partial charge in [0.2, 0.25) is 0 Å². The van der Waals surface area contributed by atoms with Crippen molar-refractivity contribution in [1.29, 1.82) is 0 Å². The lowest BCUT2D eigenvalue weighted by atomic mass is 10.0. The van der Waals surface area contributed by atoms with E-state index < -0.39 is 0 Å². The molecular weight excluding hydrogens is 148 g/mol. The maximum absolute atomic E-state index is 5.37. The number of hydrogen-bond donors (Lipinski definition) is 0. The van der Waals surface area contributed by atoms with E-state index in [1.165, 1.54) is 17.6 Å². The minimum Gasteiger partial charge on any atom is -0.377 e. The highest BCUT2D eigenvalue weighted by atomic mass is 16.5. The number of allylic oxidation sites excluding steroid dienone is 3. The molecule has 0 heterocycles. The predicted octanol–water partition coefficient (Wildman–Crippen LogP) is 3.08. The smallest absolute Gasteiger partial charge is 0.0784 e. The van der Waals surface area contributed by atoms with Crippen LogP contribution in [0.5, 0.6) is 0 Å². The molecule has 0 aliphatic heterocycles. The fraction of sp³-hybridized carbons (Fsp3) is 0.636. The molecule has 0 N–H and O–H groups in total. The first-order valence-electron chi connectivity index (χ1n) is 4.73. The zero-order chi connectivity index (χ0) is 8.97. The van der Waals surface area contributed by atoms with Crippen molar-refractivity contribution in [2.24, 2.45) is 0 Å². The van der Waals surface area contributed by atoms with Gasteiger partial charge in [0.1, 0.15) is 0 Å². The average molecular weight is 166 g/mol. The van der Waals surface area contributed by atoms with E-state index in [-0.39, 0.29) is 0 Å². The standard InChI is InChI=1S/C11H18O/c1-4-9-6-7-10(8-9)11(5-2)12-3/h6-7,11H,4-5,8H2,1-3H3. The third kappa shape index (κ3) is 1.98. The quantitative estimate of drug-likeness (QED) is 0.623. The van der Waals surface area contributed by atoms with E-state index in [0.29, 0.717) is 6.10 Å². The molecular formula is C11H18O. The Balaban J connectivity index is 2.48. The highest BCUT2D eigenvalue weighted by Gasteiger charge is 2.14. The van der Waals surface area contributed by atoms with Crippen molar-refractivity contribution in [1.82, 2.24) is 0 Å². The Hall–Kier alpha value is -0.560. The van der Waals surface area contributed by atoms with Gasteiger partial charge in [-0.1, -0.05) is 31.6 Å². The van der Waals surface area contributed by atoms with Gasteiger partial charge in [0, 0.05) is 7.11 Å². The fourth-order valence-electron chi connectivity index (χ4n) is 1.65. The molecule has 0 saturated heterocycles. The number of ether oxygens (including phenoxy) is 1. The fourth-order valence-corrected chi connectivity index (χ4v) is 1.65. The minimum atomic E-state index is 0.338. The molecule has 1 rings (SSSR count). The van der Waals surface area contributed by atoms with E-state index in [0.717, 1.165) is 12.8 Å². The molecule has 12 heavy (non-hydrogen) atoms. The van der Waals surface area contributed by atoms with Crippen LogP contribution in [-0.4, -0.2) is 13.2 Å². The van der Waals surface area contributed by atoms with Crippen molar-refractivity contribution in [2.45, 2.75) is 39.2 Å². The van der Waals surface area contributed by atoms with Crippen LogP contribution in [-0.2, 0) is 4.74 Å². The largest absolute Gasteiger partial charge is 0.377 e. The van der Waals surface area contributed by atoms with Crippen LogP contribution < -0.4 is 0 Å². The van der Waals surface area contributed by atoms with Crippen molar-refractivity contribution >= 4 is 0 Å². The summed E-state index contributed by atoms with van der Waals surface area (Å²) in [6.45, 7) is 4.37. The third-order valence-electron chi connectivity index (χ3n) is 2.49.